The fourth-order valence-electron chi connectivity index (χ4n) is 1.61. The lowest BCUT2D eigenvalue weighted by Gasteiger charge is -2.22. The molecule has 1 fully saturated rings. The Balaban J connectivity index is 1.76. The van der Waals surface area contributed by atoms with E-state index in [-0.39, 0.29) is 0 Å². The van der Waals surface area contributed by atoms with Crippen LogP contribution in [0.15, 0.2) is 23.6 Å². The molecule has 14 heavy (non-hydrogen) atoms. The van der Waals surface area contributed by atoms with Crippen molar-refractivity contribution in [1.82, 2.24) is 15.3 Å². The number of nitrogens with one attached hydrogen (secondary N) is 1. The number of hydrogen-bond acceptors (Lipinski definition) is 4. The van der Waals surface area contributed by atoms with Crippen molar-refractivity contribution in [2.45, 2.75) is 30.3 Å². The normalized spacial score (nSPS) is 22.1. The molecule has 1 aromatic rings. The average Bonchev–Trinajstić information content (AvgIpc) is 2.29. The van der Waals surface area contributed by atoms with E-state index in [0.29, 0.717) is 6.04 Å². The van der Waals surface area contributed by atoms with Crippen LogP contribution in [0.2, 0.25) is 0 Å². The van der Waals surface area contributed by atoms with Crippen LogP contribution in [0.25, 0.3) is 0 Å². The van der Waals surface area contributed by atoms with Crippen LogP contribution >= 0.6 is 11.8 Å². The Morgan fingerprint density at radius 1 is 1.43 bits per heavy atom. The molecule has 0 amide bonds. The third-order valence-electron chi connectivity index (χ3n) is 2.38. The van der Waals surface area contributed by atoms with Gasteiger partial charge in [-0.05, 0) is 19.4 Å². The minimum atomic E-state index is 0.663. The summed E-state index contributed by atoms with van der Waals surface area (Å²) in [5.74, 6) is 1.11. The van der Waals surface area contributed by atoms with Gasteiger partial charge in [0.2, 0.25) is 0 Å². The molecule has 1 N–H and O–H groups in total. The molecule has 4 heteroatoms. The standard InChI is InChI=1S/C10H15N3S/c1-2-4-12-9(3-1)8-14-10-7-11-5-6-13-10/h5-7,9,12H,1-4,8H2/t9-/m0/s1. The van der Waals surface area contributed by atoms with Crippen LogP contribution in [0.4, 0.5) is 0 Å². The molecule has 1 aliphatic heterocycles. The summed E-state index contributed by atoms with van der Waals surface area (Å²) in [6.45, 7) is 1.17. The van der Waals surface area contributed by atoms with Gasteiger partial charge in [0.15, 0.2) is 0 Å². The Morgan fingerprint density at radius 3 is 3.14 bits per heavy atom. The molecule has 0 aromatic carbocycles. The van der Waals surface area contributed by atoms with Crippen molar-refractivity contribution in [3.63, 3.8) is 0 Å². The van der Waals surface area contributed by atoms with Gasteiger partial charge in [0.05, 0.1) is 6.20 Å². The number of hydrogen-bond donors (Lipinski definition) is 1. The van der Waals surface area contributed by atoms with Gasteiger partial charge in [0, 0.05) is 24.2 Å². The lowest BCUT2D eigenvalue weighted by molar-refractivity contribution is 0.430. The average molecular weight is 209 g/mol. The number of aromatic nitrogens is 2. The van der Waals surface area contributed by atoms with E-state index in [9.17, 15) is 0 Å². The zero-order chi connectivity index (χ0) is 9.64. The molecule has 0 radical (unpaired) electrons. The third-order valence-corrected chi connectivity index (χ3v) is 3.46. The molecule has 0 saturated carbocycles. The highest BCUT2D eigenvalue weighted by Crippen LogP contribution is 2.18. The molecule has 0 unspecified atom stereocenters. The van der Waals surface area contributed by atoms with Gasteiger partial charge in [-0.15, -0.1) is 11.8 Å². The van der Waals surface area contributed by atoms with Crippen molar-refractivity contribution < 1.29 is 0 Å². The van der Waals surface area contributed by atoms with E-state index in [1.54, 1.807) is 24.2 Å². The summed E-state index contributed by atoms with van der Waals surface area (Å²) in [6.07, 6.45) is 9.27. The lowest BCUT2D eigenvalue weighted by Crippen LogP contribution is -2.35. The number of piperidine rings is 1. The van der Waals surface area contributed by atoms with Gasteiger partial charge in [0.25, 0.3) is 0 Å². The van der Waals surface area contributed by atoms with Crippen LogP contribution in [0, 0.1) is 0 Å². The summed E-state index contributed by atoms with van der Waals surface area (Å²) in [4.78, 5) is 8.28. The first-order chi connectivity index (χ1) is 6.95. The van der Waals surface area contributed by atoms with Crippen LogP contribution in [-0.4, -0.2) is 28.3 Å². The Hall–Kier alpha value is -0.610. The van der Waals surface area contributed by atoms with E-state index in [2.05, 4.69) is 15.3 Å². The molecule has 2 heterocycles. The zero-order valence-electron chi connectivity index (χ0n) is 8.15. The SMILES string of the molecule is c1cnc(SC[C@@H]2CCCCN2)cn1. The second-order valence-electron chi connectivity index (χ2n) is 3.50. The van der Waals surface area contributed by atoms with Crippen molar-refractivity contribution >= 4 is 11.8 Å². The molecule has 0 aliphatic carbocycles. The number of rotatable bonds is 3. The van der Waals surface area contributed by atoms with Crippen molar-refractivity contribution in [1.29, 1.82) is 0 Å². The van der Waals surface area contributed by atoms with Crippen LogP contribution < -0.4 is 5.32 Å². The summed E-state index contributed by atoms with van der Waals surface area (Å²) in [5.41, 5.74) is 0. The highest BCUT2D eigenvalue weighted by molar-refractivity contribution is 7.99. The van der Waals surface area contributed by atoms with Crippen LogP contribution in [-0.2, 0) is 0 Å². The smallest absolute Gasteiger partial charge is 0.114 e. The van der Waals surface area contributed by atoms with Crippen LogP contribution in [0.3, 0.4) is 0 Å². The Kier molecular flexibility index (Phi) is 3.77. The van der Waals surface area contributed by atoms with Gasteiger partial charge >= 0.3 is 0 Å². The van der Waals surface area contributed by atoms with E-state index in [0.717, 1.165) is 10.8 Å². The molecule has 3 nitrogen and oxygen atoms in total. The summed E-state index contributed by atoms with van der Waals surface area (Å²) in [7, 11) is 0. The molecule has 1 atom stereocenters. The Labute approximate surface area is 88.7 Å². The van der Waals surface area contributed by atoms with Crippen LogP contribution in [0.1, 0.15) is 19.3 Å². The van der Waals surface area contributed by atoms with E-state index < -0.39 is 0 Å². The quantitative estimate of drug-likeness (QED) is 0.769. The third kappa shape index (κ3) is 2.96. The maximum Gasteiger partial charge on any atom is 0.114 e. The second-order valence-corrected chi connectivity index (χ2v) is 4.54. The molecule has 1 aliphatic rings. The number of thioether (sulfide) groups is 1. The Morgan fingerprint density at radius 2 is 2.43 bits per heavy atom. The van der Waals surface area contributed by atoms with Crippen molar-refractivity contribution in [2.75, 3.05) is 12.3 Å². The molecule has 0 bridgehead atoms. The first kappa shape index (κ1) is 9.93. The van der Waals surface area contributed by atoms with Gasteiger partial charge in [-0.2, -0.15) is 0 Å². The summed E-state index contributed by atoms with van der Waals surface area (Å²) >= 11 is 1.79. The number of nitrogens with zero attached hydrogens (tertiary/aromatic N) is 2. The minimum absolute atomic E-state index is 0.663. The van der Waals surface area contributed by atoms with Gasteiger partial charge in [-0.3, -0.25) is 4.98 Å². The second kappa shape index (κ2) is 5.32. The van der Waals surface area contributed by atoms with Gasteiger partial charge in [-0.25, -0.2) is 4.98 Å². The van der Waals surface area contributed by atoms with Gasteiger partial charge in [-0.1, -0.05) is 6.42 Å². The minimum Gasteiger partial charge on any atom is -0.313 e. The zero-order valence-corrected chi connectivity index (χ0v) is 8.96. The van der Waals surface area contributed by atoms with E-state index in [4.69, 9.17) is 0 Å². The van der Waals surface area contributed by atoms with Gasteiger partial charge in [0.1, 0.15) is 5.03 Å². The van der Waals surface area contributed by atoms with E-state index >= 15 is 0 Å². The first-order valence-corrected chi connectivity index (χ1v) is 6.06. The van der Waals surface area contributed by atoms with Crippen molar-refractivity contribution in [3.8, 4) is 0 Å². The summed E-state index contributed by atoms with van der Waals surface area (Å²) in [6, 6.07) is 0.663. The lowest BCUT2D eigenvalue weighted by atomic mass is 10.1. The maximum atomic E-state index is 4.24. The topological polar surface area (TPSA) is 37.8 Å². The molecule has 1 saturated heterocycles. The van der Waals surface area contributed by atoms with Crippen molar-refractivity contribution in [3.05, 3.63) is 18.6 Å². The summed E-state index contributed by atoms with van der Waals surface area (Å²) in [5, 5.41) is 4.55. The molecular formula is C10H15N3S. The predicted molar refractivity (Wildman–Crippen MR) is 58.4 cm³/mol. The fraction of sp³-hybridized carbons (Fsp3) is 0.600. The summed E-state index contributed by atoms with van der Waals surface area (Å²) < 4.78 is 0. The fourth-order valence-corrected chi connectivity index (χ4v) is 2.54. The predicted octanol–water partition coefficient (Wildman–Crippen LogP) is 1.71. The van der Waals surface area contributed by atoms with Gasteiger partial charge < -0.3 is 5.32 Å². The monoisotopic (exact) mass is 209 g/mol. The van der Waals surface area contributed by atoms with Crippen LogP contribution in [0.5, 0.6) is 0 Å². The van der Waals surface area contributed by atoms with E-state index in [1.807, 2.05) is 6.20 Å². The van der Waals surface area contributed by atoms with E-state index in [1.165, 1.54) is 25.8 Å². The molecule has 76 valence electrons. The molecular weight excluding hydrogens is 194 g/mol. The maximum absolute atomic E-state index is 4.24. The Bertz CT molecular complexity index is 259. The highest BCUT2D eigenvalue weighted by atomic mass is 32.2. The largest absolute Gasteiger partial charge is 0.313 e. The molecule has 1 aromatic heterocycles. The first-order valence-electron chi connectivity index (χ1n) is 5.07. The van der Waals surface area contributed by atoms with Crippen molar-refractivity contribution in [2.24, 2.45) is 0 Å². The molecule has 2 rings (SSSR count). The highest BCUT2D eigenvalue weighted by Gasteiger charge is 2.12. The molecule has 0 spiro atoms.